The molecule has 0 aliphatic rings. The summed E-state index contributed by atoms with van der Waals surface area (Å²) in [6.45, 7) is 0. The molecule has 1 heterocycles. The first-order valence-corrected chi connectivity index (χ1v) is 3.75. The minimum absolute atomic E-state index is 0.0955. The minimum atomic E-state index is -0.441. The van der Waals surface area contributed by atoms with Crippen LogP contribution in [0.4, 0.5) is 10.1 Å². The Bertz CT molecular complexity index is 513. The molecule has 3 N–H and O–H groups in total. The first-order valence-electron chi connectivity index (χ1n) is 3.75. The van der Waals surface area contributed by atoms with Gasteiger partial charge in [-0.2, -0.15) is 0 Å². The third kappa shape index (κ3) is 1.16. The van der Waals surface area contributed by atoms with E-state index < -0.39 is 5.82 Å². The molecule has 0 atom stereocenters. The van der Waals surface area contributed by atoms with Crippen molar-refractivity contribution in [3.63, 3.8) is 0 Å². The van der Waals surface area contributed by atoms with Crippen LogP contribution in [-0.4, -0.2) is 4.98 Å². The SMILES string of the molecule is Nc1c[nH]c2ccc(F)cc2c1=O. The van der Waals surface area contributed by atoms with Crippen LogP contribution in [0.15, 0.2) is 29.2 Å². The maximum atomic E-state index is 12.8. The summed E-state index contributed by atoms with van der Waals surface area (Å²) in [7, 11) is 0. The fourth-order valence-corrected chi connectivity index (χ4v) is 1.21. The molecule has 0 amide bonds. The van der Waals surface area contributed by atoms with Crippen molar-refractivity contribution in [3.05, 3.63) is 40.4 Å². The Morgan fingerprint density at radius 1 is 1.38 bits per heavy atom. The second-order valence-electron chi connectivity index (χ2n) is 2.76. The highest BCUT2D eigenvalue weighted by Crippen LogP contribution is 2.10. The van der Waals surface area contributed by atoms with E-state index in [-0.39, 0.29) is 16.5 Å². The highest BCUT2D eigenvalue weighted by Gasteiger charge is 2.02. The van der Waals surface area contributed by atoms with E-state index in [0.29, 0.717) is 5.52 Å². The molecule has 0 spiro atoms. The first-order chi connectivity index (χ1) is 6.18. The Morgan fingerprint density at radius 2 is 2.15 bits per heavy atom. The lowest BCUT2D eigenvalue weighted by molar-refractivity contribution is 0.629. The number of benzene rings is 1. The zero-order valence-electron chi connectivity index (χ0n) is 6.67. The van der Waals surface area contributed by atoms with E-state index in [1.54, 1.807) is 0 Å². The summed E-state index contributed by atoms with van der Waals surface area (Å²) >= 11 is 0. The number of halogens is 1. The molecule has 0 bridgehead atoms. The molecule has 4 heteroatoms. The summed E-state index contributed by atoms with van der Waals surface area (Å²) in [4.78, 5) is 14.2. The number of pyridine rings is 1. The number of nitrogens with one attached hydrogen (secondary N) is 1. The van der Waals surface area contributed by atoms with E-state index in [2.05, 4.69) is 4.98 Å². The van der Waals surface area contributed by atoms with Crippen LogP contribution < -0.4 is 11.2 Å². The number of fused-ring (bicyclic) bond motifs is 1. The van der Waals surface area contributed by atoms with Gasteiger partial charge in [0.1, 0.15) is 5.82 Å². The maximum Gasteiger partial charge on any atom is 0.212 e. The van der Waals surface area contributed by atoms with Crippen molar-refractivity contribution < 1.29 is 4.39 Å². The molecule has 0 aliphatic carbocycles. The van der Waals surface area contributed by atoms with Crippen LogP contribution >= 0.6 is 0 Å². The van der Waals surface area contributed by atoms with Gasteiger partial charge in [-0.3, -0.25) is 4.79 Å². The Labute approximate surface area is 73.0 Å². The van der Waals surface area contributed by atoms with Crippen molar-refractivity contribution in [3.8, 4) is 0 Å². The van der Waals surface area contributed by atoms with Crippen LogP contribution in [0.25, 0.3) is 10.9 Å². The van der Waals surface area contributed by atoms with E-state index >= 15 is 0 Å². The van der Waals surface area contributed by atoms with Crippen molar-refractivity contribution in [1.82, 2.24) is 4.98 Å². The predicted octanol–water partition coefficient (Wildman–Crippen LogP) is 1.25. The van der Waals surface area contributed by atoms with Crippen molar-refractivity contribution in [2.24, 2.45) is 0 Å². The molecule has 1 aromatic heterocycles. The van der Waals surface area contributed by atoms with Gasteiger partial charge < -0.3 is 10.7 Å². The lowest BCUT2D eigenvalue weighted by Crippen LogP contribution is -2.08. The van der Waals surface area contributed by atoms with E-state index in [9.17, 15) is 9.18 Å². The highest BCUT2D eigenvalue weighted by atomic mass is 19.1. The molecule has 2 rings (SSSR count). The van der Waals surface area contributed by atoms with Crippen molar-refractivity contribution >= 4 is 16.6 Å². The number of aromatic amines is 1. The number of rotatable bonds is 0. The van der Waals surface area contributed by atoms with Gasteiger partial charge in [0.15, 0.2) is 0 Å². The Kier molecular flexibility index (Phi) is 1.55. The molecule has 2 aromatic rings. The van der Waals surface area contributed by atoms with Gasteiger partial charge in [0.05, 0.1) is 11.1 Å². The minimum Gasteiger partial charge on any atom is -0.394 e. The number of nitrogens with two attached hydrogens (primary N) is 1. The Hall–Kier alpha value is -1.84. The van der Waals surface area contributed by atoms with Gasteiger partial charge in [0.25, 0.3) is 0 Å². The second-order valence-corrected chi connectivity index (χ2v) is 2.76. The molecule has 1 aromatic carbocycles. The largest absolute Gasteiger partial charge is 0.394 e. The standard InChI is InChI=1S/C9H7FN2O/c10-5-1-2-8-6(3-5)9(13)7(11)4-12-8/h1-4H,11H2,(H,12,13). The van der Waals surface area contributed by atoms with Gasteiger partial charge in [0.2, 0.25) is 5.43 Å². The molecule has 66 valence electrons. The summed E-state index contributed by atoms with van der Waals surface area (Å²) in [5, 5.41) is 0.278. The normalized spacial score (nSPS) is 10.5. The van der Waals surface area contributed by atoms with Crippen LogP contribution in [0.1, 0.15) is 0 Å². The van der Waals surface area contributed by atoms with Gasteiger partial charge in [-0.15, -0.1) is 0 Å². The Balaban J connectivity index is 2.97. The average Bonchev–Trinajstić information content (AvgIpc) is 2.12. The average molecular weight is 178 g/mol. The molecule has 0 fully saturated rings. The van der Waals surface area contributed by atoms with Gasteiger partial charge in [0, 0.05) is 11.7 Å². The number of H-pyrrole nitrogens is 1. The van der Waals surface area contributed by atoms with Crippen LogP contribution in [0, 0.1) is 5.82 Å². The number of anilines is 1. The van der Waals surface area contributed by atoms with Crippen LogP contribution in [0.3, 0.4) is 0 Å². The summed E-state index contributed by atoms with van der Waals surface area (Å²) in [5.41, 5.74) is 5.71. The number of nitrogen functional groups attached to an aromatic ring is 1. The molecule has 3 nitrogen and oxygen atoms in total. The third-order valence-electron chi connectivity index (χ3n) is 1.87. The van der Waals surface area contributed by atoms with E-state index in [1.807, 2.05) is 0 Å². The molecular formula is C9H7FN2O. The zero-order chi connectivity index (χ0) is 9.42. The monoisotopic (exact) mass is 178 g/mol. The molecule has 0 unspecified atom stereocenters. The number of hydrogen-bond acceptors (Lipinski definition) is 2. The third-order valence-corrected chi connectivity index (χ3v) is 1.87. The molecule has 0 aliphatic heterocycles. The molecule has 0 radical (unpaired) electrons. The molecule has 0 saturated heterocycles. The first kappa shape index (κ1) is 7.79. The van der Waals surface area contributed by atoms with Crippen molar-refractivity contribution in [2.75, 3.05) is 5.73 Å². The van der Waals surface area contributed by atoms with Gasteiger partial charge in [-0.05, 0) is 18.2 Å². The second kappa shape index (κ2) is 2.58. The van der Waals surface area contributed by atoms with Crippen LogP contribution in [0.2, 0.25) is 0 Å². The maximum absolute atomic E-state index is 12.8. The van der Waals surface area contributed by atoms with Crippen LogP contribution in [-0.2, 0) is 0 Å². The van der Waals surface area contributed by atoms with Crippen molar-refractivity contribution in [1.29, 1.82) is 0 Å². The van der Waals surface area contributed by atoms with Gasteiger partial charge in [-0.1, -0.05) is 0 Å². The summed E-state index contributed by atoms with van der Waals surface area (Å²) < 4.78 is 12.8. The van der Waals surface area contributed by atoms with Gasteiger partial charge in [-0.25, -0.2) is 4.39 Å². The lowest BCUT2D eigenvalue weighted by atomic mass is 10.2. The zero-order valence-corrected chi connectivity index (χ0v) is 6.67. The predicted molar refractivity (Wildman–Crippen MR) is 48.9 cm³/mol. The van der Waals surface area contributed by atoms with Gasteiger partial charge >= 0.3 is 0 Å². The summed E-state index contributed by atoms with van der Waals surface area (Å²) in [6, 6.07) is 3.96. The molecular weight excluding hydrogens is 171 g/mol. The molecule has 0 saturated carbocycles. The number of aromatic nitrogens is 1. The van der Waals surface area contributed by atoms with E-state index in [4.69, 9.17) is 5.73 Å². The smallest absolute Gasteiger partial charge is 0.212 e. The van der Waals surface area contributed by atoms with E-state index in [0.717, 1.165) is 0 Å². The highest BCUT2D eigenvalue weighted by molar-refractivity contribution is 5.80. The number of hydrogen-bond donors (Lipinski definition) is 2. The van der Waals surface area contributed by atoms with E-state index in [1.165, 1.54) is 24.4 Å². The quantitative estimate of drug-likeness (QED) is 0.637. The summed E-state index contributed by atoms with van der Waals surface area (Å²) in [6.07, 6.45) is 1.41. The van der Waals surface area contributed by atoms with Crippen molar-refractivity contribution in [2.45, 2.75) is 0 Å². The lowest BCUT2D eigenvalue weighted by Gasteiger charge is -1.98. The fourth-order valence-electron chi connectivity index (χ4n) is 1.21. The fraction of sp³-hybridized carbons (Fsp3) is 0. The summed E-state index contributed by atoms with van der Waals surface area (Å²) in [5.74, 6) is -0.441. The van der Waals surface area contributed by atoms with Crippen LogP contribution in [0.5, 0.6) is 0 Å². The topological polar surface area (TPSA) is 58.9 Å². The Morgan fingerprint density at radius 3 is 2.92 bits per heavy atom. The molecule has 13 heavy (non-hydrogen) atoms.